The van der Waals surface area contributed by atoms with E-state index < -0.39 is 15.8 Å². The molecule has 0 heterocycles. The smallest absolute Gasteiger partial charge is 0.207 e. The quantitative estimate of drug-likeness (QED) is 0.802. The Hall–Kier alpha value is -1.16. The van der Waals surface area contributed by atoms with Gasteiger partial charge in [-0.05, 0) is 31.0 Å². The second-order valence-corrected chi connectivity index (χ2v) is 6.99. The van der Waals surface area contributed by atoms with E-state index in [1.807, 2.05) is 6.07 Å². The summed E-state index contributed by atoms with van der Waals surface area (Å²) in [5, 5.41) is 8.83. The van der Waals surface area contributed by atoms with Crippen molar-refractivity contribution in [3.8, 4) is 6.07 Å². The first-order valence-corrected chi connectivity index (χ1v) is 8.12. The Morgan fingerprint density at radius 1 is 1.40 bits per heavy atom. The zero-order valence-electron chi connectivity index (χ0n) is 10.7. The van der Waals surface area contributed by atoms with Crippen LogP contribution in [0.5, 0.6) is 0 Å². The van der Waals surface area contributed by atoms with Crippen molar-refractivity contribution in [2.24, 2.45) is 0 Å². The van der Waals surface area contributed by atoms with Crippen molar-refractivity contribution in [2.75, 3.05) is 6.54 Å². The Bertz CT molecular complexity index is 636. The van der Waals surface area contributed by atoms with Crippen molar-refractivity contribution in [1.29, 1.82) is 5.26 Å². The van der Waals surface area contributed by atoms with Gasteiger partial charge in [0.25, 0.3) is 0 Å². The van der Waals surface area contributed by atoms with Crippen LogP contribution >= 0.6 is 11.6 Å². The highest BCUT2D eigenvalue weighted by Crippen LogP contribution is 2.31. The molecule has 0 unspecified atom stereocenters. The highest BCUT2D eigenvalue weighted by atomic mass is 35.5. The zero-order valence-corrected chi connectivity index (χ0v) is 12.3. The lowest BCUT2D eigenvalue weighted by molar-refractivity contribution is 0.350. The molecule has 1 fully saturated rings. The summed E-state index contributed by atoms with van der Waals surface area (Å²) in [6.07, 6.45) is 3.29. The summed E-state index contributed by atoms with van der Waals surface area (Å²) < 4.78 is 39.6. The molecule has 1 aliphatic rings. The molecule has 108 valence electrons. The minimum absolute atomic E-state index is 0.0349. The molecule has 0 N–H and O–H groups in total. The Morgan fingerprint density at radius 2 is 2.05 bits per heavy atom. The molecular weight excluding hydrogens is 303 g/mol. The number of nitriles is 1. The summed E-state index contributed by atoms with van der Waals surface area (Å²) in [4.78, 5) is -0.277. The molecule has 7 heteroatoms. The normalized spacial score (nSPS) is 16.5. The monoisotopic (exact) mass is 316 g/mol. The predicted molar refractivity (Wildman–Crippen MR) is 73.2 cm³/mol. The van der Waals surface area contributed by atoms with Crippen LogP contribution in [0, 0.1) is 17.1 Å². The van der Waals surface area contributed by atoms with E-state index in [1.54, 1.807) is 0 Å². The van der Waals surface area contributed by atoms with Crippen molar-refractivity contribution in [2.45, 2.75) is 36.6 Å². The molecule has 0 aromatic heterocycles. The highest BCUT2D eigenvalue weighted by Gasteiger charge is 2.34. The van der Waals surface area contributed by atoms with Crippen LogP contribution in [0.1, 0.15) is 25.7 Å². The molecule has 0 radical (unpaired) electrons. The Labute approximate surface area is 122 Å². The Balaban J connectivity index is 2.45. The standard InChI is InChI=1S/C13H14ClFN2O2S/c14-12-6-5-10(15)9-13(12)20(18,19)17(8-7-16)11-3-1-2-4-11/h5-6,9,11H,1-4,8H2. The second-order valence-electron chi connectivity index (χ2n) is 4.72. The van der Waals surface area contributed by atoms with Crippen molar-refractivity contribution in [1.82, 2.24) is 4.31 Å². The molecule has 0 spiro atoms. The van der Waals surface area contributed by atoms with Crippen LogP contribution in [0.4, 0.5) is 4.39 Å². The van der Waals surface area contributed by atoms with Gasteiger partial charge in [0.05, 0.1) is 11.1 Å². The van der Waals surface area contributed by atoms with Gasteiger partial charge < -0.3 is 0 Å². The number of rotatable bonds is 4. The number of nitrogens with zero attached hydrogens (tertiary/aromatic N) is 2. The summed E-state index contributed by atoms with van der Waals surface area (Å²) in [7, 11) is -3.96. The molecule has 0 atom stereocenters. The van der Waals surface area contributed by atoms with Crippen molar-refractivity contribution in [3.05, 3.63) is 29.0 Å². The summed E-state index contributed by atoms with van der Waals surface area (Å²) >= 11 is 5.88. The first-order chi connectivity index (χ1) is 9.46. The summed E-state index contributed by atoms with van der Waals surface area (Å²) in [6, 6.07) is 4.87. The minimum Gasteiger partial charge on any atom is -0.207 e. The van der Waals surface area contributed by atoms with Gasteiger partial charge in [-0.2, -0.15) is 9.57 Å². The molecular formula is C13H14ClFN2O2S. The molecule has 20 heavy (non-hydrogen) atoms. The number of halogens is 2. The van der Waals surface area contributed by atoms with Gasteiger partial charge in [-0.25, -0.2) is 12.8 Å². The summed E-state index contributed by atoms with van der Waals surface area (Å²) in [6.45, 7) is -0.250. The predicted octanol–water partition coefficient (Wildman–Crippen LogP) is 2.94. The topological polar surface area (TPSA) is 61.2 Å². The highest BCUT2D eigenvalue weighted by molar-refractivity contribution is 7.89. The van der Waals surface area contributed by atoms with E-state index in [9.17, 15) is 12.8 Å². The van der Waals surface area contributed by atoms with Crippen molar-refractivity contribution in [3.63, 3.8) is 0 Å². The third-order valence-corrected chi connectivity index (χ3v) is 5.82. The first-order valence-electron chi connectivity index (χ1n) is 6.30. The number of benzene rings is 1. The van der Waals surface area contributed by atoms with E-state index in [2.05, 4.69) is 0 Å². The lowest BCUT2D eigenvalue weighted by Crippen LogP contribution is -2.39. The van der Waals surface area contributed by atoms with Gasteiger partial charge >= 0.3 is 0 Å². The van der Waals surface area contributed by atoms with Gasteiger partial charge in [-0.1, -0.05) is 24.4 Å². The minimum atomic E-state index is -3.96. The van der Waals surface area contributed by atoms with E-state index in [0.717, 1.165) is 29.3 Å². The average Bonchev–Trinajstić information content (AvgIpc) is 2.92. The van der Waals surface area contributed by atoms with E-state index in [1.165, 1.54) is 6.07 Å². The number of hydrogen-bond acceptors (Lipinski definition) is 3. The van der Waals surface area contributed by atoms with Crippen LogP contribution in [0.2, 0.25) is 5.02 Å². The van der Waals surface area contributed by atoms with Crippen molar-refractivity contribution < 1.29 is 12.8 Å². The van der Waals surface area contributed by atoms with E-state index >= 15 is 0 Å². The summed E-state index contributed by atoms with van der Waals surface area (Å²) in [5.41, 5.74) is 0. The van der Waals surface area contributed by atoms with Gasteiger partial charge in [-0.15, -0.1) is 0 Å². The van der Waals surface area contributed by atoms with Gasteiger partial charge in [-0.3, -0.25) is 0 Å². The molecule has 1 aromatic carbocycles. The lowest BCUT2D eigenvalue weighted by atomic mass is 10.2. The molecule has 0 saturated heterocycles. The van der Waals surface area contributed by atoms with E-state index in [4.69, 9.17) is 16.9 Å². The van der Waals surface area contributed by atoms with Crippen molar-refractivity contribution >= 4 is 21.6 Å². The maximum absolute atomic E-state index is 13.3. The first kappa shape index (κ1) is 15.2. The third-order valence-electron chi connectivity index (χ3n) is 3.44. The van der Waals surface area contributed by atoms with Gasteiger partial charge in [0, 0.05) is 6.04 Å². The van der Waals surface area contributed by atoms with Crippen LogP contribution in [0.3, 0.4) is 0 Å². The largest absolute Gasteiger partial charge is 0.245 e. The zero-order chi connectivity index (χ0) is 14.8. The molecule has 0 amide bonds. The van der Waals surface area contributed by atoms with Crippen LogP contribution < -0.4 is 0 Å². The van der Waals surface area contributed by atoms with E-state index in [-0.39, 0.29) is 22.5 Å². The van der Waals surface area contributed by atoms with Crippen LogP contribution in [-0.2, 0) is 10.0 Å². The van der Waals surface area contributed by atoms with Crippen LogP contribution in [0.15, 0.2) is 23.1 Å². The summed E-state index contributed by atoms with van der Waals surface area (Å²) in [5.74, 6) is -0.670. The fourth-order valence-electron chi connectivity index (χ4n) is 2.47. The van der Waals surface area contributed by atoms with Gasteiger partial charge in [0.15, 0.2) is 0 Å². The SMILES string of the molecule is N#CCN(C1CCCC1)S(=O)(=O)c1cc(F)ccc1Cl. The Morgan fingerprint density at radius 3 is 2.65 bits per heavy atom. The number of hydrogen-bond donors (Lipinski definition) is 0. The molecule has 0 bridgehead atoms. The van der Waals surface area contributed by atoms with Gasteiger partial charge in [0.2, 0.25) is 10.0 Å². The van der Waals surface area contributed by atoms with E-state index in [0.29, 0.717) is 12.8 Å². The number of sulfonamides is 1. The molecule has 4 nitrogen and oxygen atoms in total. The fraction of sp³-hybridized carbons (Fsp3) is 0.462. The van der Waals surface area contributed by atoms with Crippen LogP contribution in [-0.4, -0.2) is 25.3 Å². The second kappa shape index (κ2) is 6.08. The lowest BCUT2D eigenvalue weighted by Gasteiger charge is -2.25. The molecule has 1 saturated carbocycles. The molecule has 1 aromatic rings. The Kier molecular flexibility index (Phi) is 4.63. The van der Waals surface area contributed by atoms with Crippen LogP contribution in [0.25, 0.3) is 0 Å². The third kappa shape index (κ3) is 2.95. The average molecular weight is 317 g/mol. The maximum Gasteiger partial charge on any atom is 0.245 e. The van der Waals surface area contributed by atoms with Gasteiger partial charge in [0.1, 0.15) is 17.3 Å². The molecule has 1 aliphatic carbocycles. The maximum atomic E-state index is 13.3. The fourth-order valence-corrected chi connectivity index (χ4v) is 4.54. The molecule has 2 rings (SSSR count). The molecule has 0 aliphatic heterocycles.